The minimum Gasteiger partial charge on any atom is -0.504 e. The third-order valence-electron chi connectivity index (χ3n) is 6.25. The molecule has 30 heavy (non-hydrogen) atoms. The highest BCUT2D eigenvalue weighted by Crippen LogP contribution is 2.35. The van der Waals surface area contributed by atoms with Crippen molar-refractivity contribution in [1.29, 1.82) is 0 Å². The second-order valence-corrected chi connectivity index (χ2v) is 8.41. The van der Waals surface area contributed by atoms with E-state index in [0.717, 1.165) is 74.6 Å². The van der Waals surface area contributed by atoms with Crippen molar-refractivity contribution in [3.8, 4) is 23.0 Å². The van der Waals surface area contributed by atoms with Crippen molar-refractivity contribution in [2.24, 2.45) is 11.7 Å². The number of fused-ring (bicyclic) bond motifs is 1. The first-order valence-corrected chi connectivity index (χ1v) is 10.9. The molecule has 0 fully saturated rings. The third kappa shape index (κ3) is 5.80. The van der Waals surface area contributed by atoms with Crippen molar-refractivity contribution in [3.05, 3.63) is 47.0 Å². The number of benzene rings is 2. The number of rotatable bonds is 10. The molecule has 7 N–H and O–H groups in total. The van der Waals surface area contributed by atoms with E-state index < -0.39 is 0 Å². The van der Waals surface area contributed by atoms with Gasteiger partial charge in [0.1, 0.15) is 0 Å². The second kappa shape index (κ2) is 10.5. The minimum atomic E-state index is -0.0831. The summed E-state index contributed by atoms with van der Waals surface area (Å²) in [6, 6.07) is 8.90. The summed E-state index contributed by atoms with van der Waals surface area (Å²) in [7, 11) is 0. The molecule has 3 rings (SSSR count). The molecular formula is C24H34N2O4. The van der Waals surface area contributed by atoms with Crippen LogP contribution < -0.4 is 11.1 Å². The molecule has 2 atom stereocenters. The van der Waals surface area contributed by atoms with Crippen LogP contribution in [-0.4, -0.2) is 39.6 Å². The number of aryl methyl sites for hydroxylation is 1. The summed E-state index contributed by atoms with van der Waals surface area (Å²) in [4.78, 5) is 0. The van der Waals surface area contributed by atoms with E-state index in [1.807, 2.05) is 12.1 Å². The van der Waals surface area contributed by atoms with Crippen LogP contribution >= 0.6 is 0 Å². The quantitative estimate of drug-likeness (QED) is 0.332. The zero-order valence-corrected chi connectivity index (χ0v) is 17.5. The number of hydrogen-bond donors (Lipinski definition) is 6. The fourth-order valence-electron chi connectivity index (χ4n) is 4.42. The van der Waals surface area contributed by atoms with Crippen LogP contribution in [0.1, 0.15) is 48.8 Å². The second-order valence-electron chi connectivity index (χ2n) is 8.41. The number of nitrogens with two attached hydrogens (primary N) is 1. The average Bonchev–Trinajstić information content (AvgIpc) is 2.74. The summed E-state index contributed by atoms with van der Waals surface area (Å²) in [5.41, 5.74) is 8.74. The van der Waals surface area contributed by atoms with Gasteiger partial charge in [-0.3, -0.25) is 0 Å². The maximum absolute atomic E-state index is 10.0. The fraction of sp³-hybridized carbons (Fsp3) is 0.500. The Bertz CT molecular complexity index is 840. The van der Waals surface area contributed by atoms with Gasteiger partial charge in [-0.25, -0.2) is 0 Å². The first kappa shape index (κ1) is 22.2. The topological polar surface area (TPSA) is 119 Å². The van der Waals surface area contributed by atoms with Crippen molar-refractivity contribution in [2.45, 2.75) is 57.4 Å². The molecule has 6 heteroatoms. The van der Waals surface area contributed by atoms with E-state index in [0.29, 0.717) is 18.5 Å². The van der Waals surface area contributed by atoms with E-state index in [4.69, 9.17) is 5.73 Å². The molecule has 0 amide bonds. The van der Waals surface area contributed by atoms with Gasteiger partial charge < -0.3 is 31.5 Å². The van der Waals surface area contributed by atoms with Crippen LogP contribution in [0, 0.1) is 5.92 Å². The van der Waals surface area contributed by atoms with Crippen LogP contribution in [0.2, 0.25) is 0 Å². The number of nitrogens with one attached hydrogen (secondary N) is 1. The van der Waals surface area contributed by atoms with Gasteiger partial charge in [-0.15, -0.1) is 0 Å². The molecule has 6 nitrogen and oxygen atoms in total. The minimum absolute atomic E-state index is 0.0352. The number of phenols is 4. The highest BCUT2D eigenvalue weighted by molar-refractivity contribution is 5.50. The Morgan fingerprint density at radius 3 is 2.53 bits per heavy atom. The zero-order valence-electron chi connectivity index (χ0n) is 17.5. The first-order chi connectivity index (χ1) is 14.5. The van der Waals surface area contributed by atoms with Gasteiger partial charge in [-0.2, -0.15) is 0 Å². The van der Waals surface area contributed by atoms with Crippen LogP contribution in [0.4, 0.5) is 0 Å². The van der Waals surface area contributed by atoms with Crippen LogP contribution in [0.15, 0.2) is 30.3 Å². The lowest BCUT2D eigenvalue weighted by atomic mass is 9.87. The van der Waals surface area contributed by atoms with Gasteiger partial charge in [0.05, 0.1) is 0 Å². The lowest BCUT2D eigenvalue weighted by Gasteiger charge is -2.27. The molecular weight excluding hydrogens is 380 g/mol. The summed E-state index contributed by atoms with van der Waals surface area (Å²) in [6.07, 6.45) is 7.62. The summed E-state index contributed by atoms with van der Waals surface area (Å²) in [5.74, 6) is 0.400. The van der Waals surface area contributed by atoms with Gasteiger partial charge in [-0.05, 0) is 99.7 Å². The van der Waals surface area contributed by atoms with Crippen molar-refractivity contribution in [2.75, 3.05) is 13.1 Å². The van der Waals surface area contributed by atoms with Crippen molar-refractivity contribution < 1.29 is 20.4 Å². The molecule has 0 aromatic heterocycles. The molecule has 0 heterocycles. The zero-order chi connectivity index (χ0) is 21.5. The van der Waals surface area contributed by atoms with Gasteiger partial charge >= 0.3 is 0 Å². The van der Waals surface area contributed by atoms with Crippen molar-refractivity contribution in [3.63, 3.8) is 0 Å². The largest absolute Gasteiger partial charge is 0.504 e. The Morgan fingerprint density at radius 1 is 0.967 bits per heavy atom. The van der Waals surface area contributed by atoms with Crippen molar-refractivity contribution in [1.82, 2.24) is 5.32 Å². The molecule has 0 radical (unpaired) electrons. The normalized spacial score (nSPS) is 16.9. The SMILES string of the molecule is NCCCC(CCNC1CCc2c(ccc(O)c2O)C1)CCc1ccc(O)c(O)c1. The van der Waals surface area contributed by atoms with Gasteiger partial charge in [0.15, 0.2) is 23.0 Å². The van der Waals surface area contributed by atoms with E-state index in [1.54, 1.807) is 18.2 Å². The summed E-state index contributed by atoms with van der Waals surface area (Å²) in [5, 5.41) is 42.5. The van der Waals surface area contributed by atoms with Gasteiger partial charge in [0.2, 0.25) is 0 Å². The van der Waals surface area contributed by atoms with Crippen LogP contribution in [0.25, 0.3) is 0 Å². The summed E-state index contributed by atoms with van der Waals surface area (Å²) < 4.78 is 0. The molecule has 0 saturated carbocycles. The highest BCUT2D eigenvalue weighted by Gasteiger charge is 2.22. The predicted molar refractivity (Wildman–Crippen MR) is 118 cm³/mol. The first-order valence-electron chi connectivity index (χ1n) is 10.9. The maximum atomic E-state index is 10.0. The Hall–Kier alpha value is -2.44. The fourth-order valence-corrected chi connectivity index (χ4v) is 4.42. The number of phenolic OH excluding ortho intramolecular Hbond substituents is 4. The standard InChI is InChI=1S/C24H34N2O4/c25-12-1-2-16(3-4-17-5-9-21(27)23(29)14-17)11-13-26-19-7-8-20-18(15-19)6-10-22(28)24(20)30/h5-6,9-10,14,16,19,26-30H,1-4,7-8,11-13,15,25H2. The van der Waals surface area contributed by atoms with E-state index in [2.05, 4.69) is 5.32 Å². The Balaban J connectivity index is 1.48. The molecule has 2 aromatic rings. The number of aromatic hydroxyl groups is 4. The Labute approximate surface area is 178 Å². The summed E-state index contributed by atoms with van der Waals surface area (Å²) >= 11 is 0. The molecule has 2 unspecified atom stereocenters. The maximum Gasteiger partial charge on any atom is 0.160 e. The Kier molecular flexibility index (Phi) is 7.82. The monoisotopic (exact) mass is 414 g/mol. The van der Waals surface area contributed by atoms with E-state index in [1.165, 1.54) is 0 Å². The highest BCUT2D eigenvalue weighted by atomic mass is 16.3. The molecule has 0 spiro atoms. The molecule has 2 aromatic carbocycles. The van der Waals surface area contributed by atoms with Crippen LogP contribution in [0.5, 0.6) is 23.0 Å². The number of hydrogen-bond acceptors (Lipinski definition) is 6. The summed E-state index contributed by atoms with van der Waals surface area (Å²) in [6.45, 7) is 1.62. The van der Waals surface area contributed by atoms with E-state index >= 15 is 0 Å². The molecule has 1 aliphatic carbocycles. The lowest BCUT2D eigenvalue weighted by Crippen LogP contribution is -2.35. The average molecular weight is 415 g/mol. The lowest BCUT2D eigenvalue weighted by molar-refractivity contribution is 0.366. The van der Waals surface area contributed by atoms with Gasteiger partial charge in [-0.1, -0.05) is 12.1 Å². The molecule has 0 bridgehead atoms. The van der Waals surface area contributed by atoms with E-state index in [-0.39, 0.29) is 23.0 Å². The third-order valence-corrected chi connectivity index (χ3v) is 6.25. The smallest absolute Gasteiger partial charge is 0.160 e. The van der Waals surface area contributed by atoms with Gasteiger partial charge in [0, 0.05) is 11.6 Å². The van der Waals surface area contributed by atoms with Gasteiger partial charge in [0.25, 0.3) is 0 Å². The predicted octanol–water partition coefficient (Wildman–Crippen LogP) is 3.33. The Morgan fingerprint density at radius 2 is 1.77 bits per heavy atom. The van der Waals surface area contributed by atoms with E-state index in [9.17, 15) is 20.4 Å². The van der Waals surface area contributed by atoms with Crippen LogP contribution in [-0.2, 0) is 19.3 Å². The van der Waals surface area contributed by atoms with Crippen LogP contribution in [0.3, 0.4) is 0 Å². The molecule has 164 valence electrons. The van der Waals surface area contributed by atoms with Crippen molar-refractivity contribution >= 4 is 0 Å². The molecule has 1 aliphatic rings. The molecule has 0 saturated heterocycles. The molecule has 0 aliphatic heterocycles.